The lowest BCUT2D eigenvalue weighted by molar-refractivity contribution is 0.876. The van der Waals surface area contributed by atoms with E-state index in [1.807, 2.05) is 0 Å². The molecule has 1 saturated carbocycles. The van der Waals surface area contributed by atoms with E-state index in [2.05, 4.69) is 55.1 Å². The molecule has 2 aliphatic carbocycles. The molecule has 1 unspecified atom stereocenters. The van der Waals surface area contributed by atoms with Crippen molar-refractivity contribution in [2.75, 3.05) is 6.54 Å². The highest BCUT2D eigenvalue weighted by Crippen LogP contribution is 2.36. The molecule has 0 aromatic heterocycles. The fourth-order valence-electron chi connectivity index (χ4n) is 3.18. The Morgan fingerprint density at radius 3 is 1.95 bits per heavy atom. The summed E-state index contributed by atoms with van der Waals surface area (Å²) in [6, 6.07) is 17.4. The minimum atomic E-state index is 0.611. The van der Waals surface area contributed by atoms with E-state index in [0.29, 0.717) is 5.92 Å². The summed E-state index contributed by atoms with van der Waals surface area (Å²) < 4.78 is 0. The average Bonchev–Trinajstić information content (AvgIpc) is 3.25. The van der Waals surface area contributed by atoms with E-state index >= 15 is 0 Å². The zero-order valence-electron chi connectivity index (χ0n) is 12.2. The van der Waals surface area contributed by atoms with Crippen molar-refractivity contribution in [2.45, 2.75) is 19.3 Å². The predicted octanol–water partition coefficient (Wildman–Crippen LogP) is 4.20. The van der Waals surface area contributed by atoms with Gasteiger partial charge in [-0.1, -0.05) is 60.7 Å². The second kappa shape index (κ2) is 5.00. The molecule has 0 spiro atoms. The Labute approximate surface area is 126 Å². The standard InChI is InChI=1S/C20H19N/c1-14-12-17(14)13-21-20-18-8-4-2-6-15(18)10-11-16-7-3-5-9-19(16)20/h2-9,17H,1,10-13H2. The van der Waals surface area contributed by atoms with Gasteiger partial charge in [-0.2, -0.15) is 0 Å². The molecule has 0 N–H and O–H groups in total. The summed E-state index contributed by atoms with van der Waals surface area (Å²) in [5, 5.41) is 0. The first-order valence-electron chi connectivity index (χ1n) is 7.71. The van der Waals surface area contributed by atoms with E-state index in [1.165, 1.54) is 33.5 Å². The molecule has 21 heavy (non-hydrogen) atoms. The number of hydrogen-bond acceptors (Lipinski definition) is 1. The van der Waals surface area contributed by atoms with Crippen LogP contribution in [0.4, 0.5) is 0 Å². The number of benzene rings is 2. The summed E-state index contributed by atoms with van der Waals surface area (Å²) in [5.74, 6) is 0.611. The normalized spacial score (nSPS) is 19.5. The number of rotatable bonds is 2. The predicted molar refractivity (Wildman–Crippen MR) is 88.0 cm³/mol. The van der Waals surface area contributed by atoms with Crippen molar-refractivity contribution in [1.29, 1.82) is 0 Å². The molecule has 2 aromatic rings. The molecule has 0 bridgehead atoms. The van der Waals surface area contributed by atoms with Crippen LogP contribution in [0.2, 0.25) is 0 Å². The molecular formula is C20H19N. The summed E-state index contributed by atoms with van der Waals surface area (Å²) >= 11 is 0. The van der Waals surface area contributed by atoms with Crippen molar-refractivity contribution in [1.82, 2.24) is 0 Å². The Morgan fingerprint density at radius 1 is 0.905 bits per heavy atom. The lowest BCUT2D eigenvalue weighted by Gasteiger charge is -2.10. The number of hydrogen-bond donors (Lipinski definition) is 0. The Morgan fingerprint density at radius 2 is 1.43 bits per heavy atom. The minimum absolute atomic E-state index is 0.611. The highest BCUT2D eigenvalue weighted by Gasteiger charge is 2.27. The highest BCUT2D eigenvalue weighted by molar-refractivity contribution is 6.15. The molecule has 2 aromatic carbocycles. The summed E-state index contributed by atoms with van der Waals surface area (Å²) in [7, 11) is 0. The Balaban J connectivity index is 1.83. The van der Waals surface area contributed by atoms with Gasteiger partial charge < -0.3 is 0 Å². The van der Waals surface area contributed by atoms with Gasteiger partial charge in [-0.15, -0.1) is 0 Å². The zero-order chi connectivity index (χ0) is 14.2. The quantitative estimate of drug-likeness (QED) is 0.727. The number of fused-ring (bicyclic) bond motifs is 2. The molecule has 2 aliphatic rings. The number of aryl methyl sites for hydroxylation is 2. The van der Waals surface area contributed by atoms with Crippen LogP contribution in [0.5, 0.6) is 0 Å². The first-order chi connectivity index (χ1) is 10.3. The monoisotopic (exact) mass is 273 g/mol. The summed E-state index contributed by atoms with van der Waals surface area (Å²) in [4.78, 5) is 4.99. The van der Waals surface area contributed by atoms with Gasteiger partial charge in [0.15, 0.2) is 0 Å². The van der Waals surface area contributed by atoms with Crippen molar-refractivity contribution < 1.29 is 0 Å². The van der Waals surface area contributed by atoms with E-state index in [-0.39, 0.29) is 0 Å². The van der Waals surface area contributed by atoms with Gasteiger partial charge in [-0.3, -0.25) is 4.99 Å². The van der Waals surface area contributed by atoms with Gasteiger partial charge in [-0.25, -0.2) is 0 Å². The van der Waals surface area contributed by atoms with Crippen molar-refractivity contribution in [3.8, 4) is 0 Å². The van der Waals surface area contributed by atoms with Crippen LogP contribution < -0.4 is 0 Å². The van der Waals surface area contributed by atoms with E-state index in [9.17, 15) is 0 Å². The van der Waals surface area contributed by atoms with Gasteiger partial charge >= 0.3 is 0 Å². The van der Waals surface area contributed by atoms with Crippen molar-refractivity contribution in [3.05, 3.63) is 82.9 Å². The van der Waals surface area contributed by atoms with Crippen LogP contribution in [0.15, 0.2) is 65.7 Å². The number of aliphatic imine (C=N–C) groups is 1. The van der Waals surface area contributed by atoms with Crippen LogP contribution in [0.1, 0.15) is 28.7 Å². The highest BCUT2D eigenvalue weighted by atomic mass is 14.8. The summed E-state index contributed by atoms with van der Waals surface area (Å²) in [6.45, 7) is 4.94. The fourth-order valence-corrected chi connectivity index (χ4v) is 3.18. The van der Waals surface area contributed by atoms with Crippen molar-refractivity contribution >= 4 is 5.71 Å². The lowest BCUT2D eigenvalue weighted by Crippen LogP contribution is -2.07. The maximum atomic E-state index is 4.99. The van der Waals surface area contributed by atoms with Crippen molar-refractivity contribution in [3.63, 3.8) is 0 Å². The lowest BCUT2D eigenvalue weighted by atomic mass is 9.98. The summed E-state index contributed by atoms with van der Waals surface area (Å²) in [6.07, 6.45) is 3.35. The average molecular weight is 273 g/mol. The third-order valence-electron chi connectivity index (χ3n) is 4.60. The molecule has 0 heterocycles. The zero-order valence-corrected chi connectivity index (χ0v) is 12.2. The Kier molecular flexibility index (Phi) is 2.99. The van der Waals surface area contributed by atoms with Gasteiger partial charge in [0.05, 0.1) is 5.71 Å². The van der Waals surface area contributed by atoms with Crippen molar-refractivity contribution in [2.24, 2.45) is 10.9 Å². The molecule has 1 atom stereocenters. The third kappa shape index (κ3) is 2.33. The fraction of sp³-hybridized carbons (Fsp3) is 0.250. The molecule has 0 amide bonds. The molecule has 4 rings (SSSR count). The summed E-state index contributed by atoms with van der Waals surface area (Å²) in [5.41, 5.74) is 8.00. The topological polar surface area (TPSA) is 12.4 Å². The Bertz CT molecular complexity index is 690. The maximum Gasteiger partial charge on any atom is 0.0724 e. The minimum Gasteiger partial charge on any atom is -0.283 e. The van der Waals surface area contributed by atoms with Crippen LogP contribution in [-0.4, -0.2) is 12.3 Å². The molecular weight excluding hydrogens is 254 g/mol. The van der Waals surface area contributed by atoms with Crippen LogP contribution in [0.25, 0.3) is 0 Å². The molecule has 1 heteroatoms. The third-order valence-corrected chi connectivity index (χ3v) is 4.60. The van der Waals surface area contributed by atoms with Gasteiger partial charge in [0, 0.05) is 23.6 Å². The van der Waals surface area contributed by atoms with E-state index in [4.69, 9.17) is 4.99 Å². The van der Waals surface area contributed by atoms with Gasteiger partial charge in [0.2, 0.25) is 0 Å². The smallest absolute Gasteiger partial charge is 0.0724 e. The van der Waals surface area contributed by atoms with Gasteiger partial charge in [0.1, 0.15) is 0 Å². The largest absolute Gasteiger partial charge is 0.283 e. The SMILES string of the molecule is C=C1CC1CN=C1c2ccccc2CCc2ccccc21. The van der Waals surface area contributed by atoms with E-state index < -0.39 is 0 Å². The Hall–Kier alpha value is -2.15. The second-order valence-electron chi connectivity index (χ2n) is 6.06. The second-order valence-corrected chi connectivity index (χ2v) is 6.06. The molecule has 104 valence electrons. The molecule has 0 saturated heterocycles. The first kappa shape index (κ1) is 12.6. The molecule has 1 fully saturated rings. The molecule has 0 radical (unpaired) electrons. The maximum absolute atomic E-state index is 4.99. The van der Waals surface area contributed by atoms with E-state index in [1.54, 1.807) is 0 Å². The first-order valence-corrected chi connectivity index (χ1v) is 7.71. The number of nitrogens with zero attached hydrogens (tertiary/aromatic N) is 1. The van der Waals surface area contributed by atoms with Crippen LogP contribution in [0.3, 0.4) is 0 Å². The van der Waals surface area contributed by atoms with Gasteiger partial charge in [-0.05, 0) is 30.4 Å². The molecule has 0 aliphatic heterocycles. The van der Waals surface area contributed by atoms with Gasteiger partial charge in [0.25, 0.3) is 0 Å². The van der Waals surface area contributed by atoms with Crippen LogP contribution in [0, 0.1) is 5.92 Å². The molecule has 1 nitrogen and oxygen atoms in total. The van der Waals surface area contributed by atoms with E-state index in [0.717, 1.165) is 25.8 Å². The van der Waals surface area contributed by atoms with Crippen LogP contribution in [-0.2, 0) is 12.8 Å². The van der Waals surface area contributed by atoms with Crippen LogP contribution >= 0.6 is 0 Å².